The molecule has 0 radical (unpaired) electrons. The summed E-state index contributed by atoms with van der Waals surface area (Å²) in [5, 5.41) is 0. The zero-order valence-corrected chi connectivity index (χ0v) is 13.9. The summed E-state index contributed by atoms with van der Waals surface area (Å²) in [4.78, 5) is 40.7. The number of hydrogen-bond donors (Lipinski definition) is 0. The van der Waals surface area contributed by atoms with Crippen LogP contribution in [-0.4, -0.2) is 29.0 Å². The van der Waals surface area contributed by atoms with Crippen molar-refractivity contribution in [2.45, 2.75) is 52.4 Å². The minimum absolute atomic E-state index is 0.101. The number of likely N-dealkylation sites (tertiary alicyclic amines) is 1. The van der Waals surface area contributed by atoms with E-state index < -0.39 is 5.41 Å². The lowest BCUT2D eigenvalue weighted by Gasteiger charge is -2.30. The van der Waals surface area contributed by atoms with Crippen LogP contribution >= 0.6 is 11.3 Å². The second-order valence-electron chi connectivity index (χ2n) is 6.55. The Hall–Kier alpha value is -1.49. The van der Waals surface area contributed by atoms with Crippen LogP contribution in [0, 0.1) is 19.3 Å². The Morgan fingerprint density at radius 2 is 1.91 bits per heavy atom. The van der Waals surface area contributed by atoms with Gasteiger partial charge in [-0.3, -0.25) is 19.3 Å². The minimum atomic E-state index is -0.505. The summed E-state index contributed by atoms with van der Waals surface area (Å²) in [6.45, 7) is 3.76. The number of carbonyl (C=O) groups excluding carboxylic acids is 3. The third kappa shape index (κ3) is 2.51. The summed E-state index contributed by atoms with van der Waals surface area (Å²) in [5.74, 6) is -0.420. The molecule has 1 spiro atoms. The number of amides is 2. The van der Waals surface area contributed by atoms with Crippen LogP contribution < -0.4 is 0 Å². The molecule has 2 aliphatic rings. The number of thiophene rings is 1. The van der Waals surface area contributed by atoms with Gasteiger partial charge in [0, 0.05) is 21.7 Å². The van der Waals surface area contributed by atoms with Gasteiger partial charge < -0.3 is 0 Å². The molecule has 0 aromatic carbocycles. The predicted octanol–water partition coefficient (Wildman–Crippen LogP) is 3.26. The second-order valence-corrected chi connectivity index (χ2v) is 8.01. The maximum Gasteiger partial charge on any atom is 0.236 e. The second kappa shape index (κ2) is 5.61. The molecule has 5 heteroatoms. The van der Waals surface area contributed by atoms with E-state index in [0.717, 1.165) is 41.9 Å². The maximum atomic E-state index is 12.7. The van der Waals surface area contributed by atoms with E-state index in [1.807, 2.05) is 19.9 Å². The number of hydrogen-bond acceptors (Lipinski definition) is 4. The topological polar surface area (TPSA) is 54.5 Å². The highest BCUT2D eigenvalue weighted by molar-refractivity contribution is 7.12. The Balaban J connectivity index is 1.78. The molecule has 1 saturated heterocycles. The summed E-state index contributed by atoms with van der Waals surface area (Å²) in [7, 11) is 0. The van der Waals surface area contributed by atoms with Crippen molar-refractivity contribution >= 4 is 28.9 Å². The largest absolute Gasteiger partial charge is 0.292 e. The van der Waals surface area contributed by atoms with E-state index in [1.165, 1.54) is 4.90 Å². The Kier molecular flexibility index (Phi) is 3.93. The summed E-state index contributed by atoms with van der Waals surface area (Å²) >= 11 is 1.57. The summed E-state index contributed by atoms with van der Waals surface area (Å²) < 4.78 is 0. The molecular weight excluding hydrogens is 298 g/mol. The van der Waals surface area contributed by atoms with Gasteiger partial charge in [-0.2, -0.15) is 0 Å². The molecule has 2 fully saturated rings. The molecule has 3 rings (SSSR count). The van der Waals surface area contributed by atoms with E-state index in [4.69, 9.17) is 0 Å². The number of nitrogens with zero attached hydrogens (tertiary/aromatic N) is 1. The highest BCUT2D eigenvalue weighted by atomic mass is 32.1. The third-order valence-corrected chi connectivity index (χ3v) is 5.91. The lowest BCUT2D eigenvalue weighted by atomic mass is 9.73. The van der Waals surface area contributed by atoms with E-state index in [2.05, 4.69) is 0 Å². The zero-order chi connectivity index (χ0) is 15.9. The lowest BCUT2D eigenvalue weighted by molar-refractivity contribution is -0.141. The standard InChI is InChI=1S/C17H21NO3S/c1-11-8-13(12(2)22-11)14(19)10-18-15(20)9-17(16(18)21)6-4-3-5-7-17/h8H,3-7,9-10H2,1-2H3. The summed E-state index contributed by atoms with van der Waals surface area (Å²) in [6, 6.07) is 1.85. The van der Waals surface area contributed by atoms with Crippen molar-refractivity contribution in [2.24, 2.45) is 5.41 Å². The number of aryl methyl sites for hydroxylation is 2. The van der Waals surface area contributed by atoms with Gasteiger partial charge in [-0.1, -0.05) is 19.3 Å². The van der Waals surface area contributed by atoms with Gasteiger partial charge in [0.05, 0.1) is 12.0 Å². The molecule has 22 heavy (non-hydrogen) atoms. The number of ketones is 1. The van der Waals surface area contributed by atoms with Crippen LogP contribution in [0.25, 0.3) is 0 Å². The van der Waals surface area contributed by atoms with Crippen molar-refractivity contribution < 1.29 is 14.4 Å². The van der Waals surface area contributed by atoms with Gasteiger partial charge in [0.1, 0.15) is 0 Å². The van der Waals surface area contributed by atoms with E-state index in [0.29, 0.717) is 12.0 Å². The van der Waals surface area contributed by atoms with Gasteiger partial charge in [-0.05, 0) is 32.8 Å². The van der Waals surface area contributed by atoms with Crippen LogP contribution in [-0.2, 0) is 9.59 Å². The average molecular weight is 319 g/mol. The van der Waals surface area contributed by atoms with Gasteiger partial charge in [0.15, 0.2) is 5.78 Å². The van der Waals surface area contributed by atoms with Crippen molar-refractivity contribution in [3.05, 3.63) is 21.4 Å². The third-order valence-electron chi connectivity index (χ3n) is 4.94. The Morgan fingerprint density at radius 1 is 1.23 bits per heavy atom. The molecule has 0 bridgehead atoms. The molecule has 2 amide bonds. The zero-order valence-electron chi connectivity index (χ0n) is 13.1. The maximum absolute atomic E-state index is 12.7. The molecular formula is C17H21NO3S. The van der Waals surface area contributed by atoms with Crippen molar-refractivity contribution in [1.29, 1.82) is 0 Å². The average Bonchev–Trinajstić information content (AvgIpc) is 2.92. The predicted molar refractivity (Wildman–Crippen MR) is 85.0 cm³/mol. The van der Waals surface area contributed by atoms with Crippen LogP contribution in [0.4, 0.5) is 0 Å². The molecule has 0 unspecified atom stereocenters. The summed E-state index contributed by atoms with van der Waals surface area (Å²) in [5.41, 5.74) is 0.141. The normalized spacial score (nSPS) is 20.9. The van der Waals surface area contributed by atoms with E-state index in [9.17, 15) is 14.4 Å². The quantitative estimate of drug-likeness (QED) is 0.635. The molecule has 1 aliphatic heterocycles. The Morgan fingerprint density at radius 3 is 2.50 bits per heavy atom. The highest BCUT2D eigenvalue weighted by Crippen LogP contribution is 2.45. The van der Waals surface area contributed by atoms with Crippen molar-refractivity contribution in [2.75, 3.05) is 6.54 Å². The molecule has 0 atom stereocenters. The fourth-order valence-electron chi connectivity index (χ4n) is 3.78. The first-order valence-corrected chi connectivity index (χ1v) is 8.70. The first-order chi connectivity index (χ1) is 10.4. The number of carbonyl (C=O) groups is 3. The van der Waals surface area contributed by atoms with Crippen LogP contribution in [0.2, 0.25) is 0 Å². The Labute approximate surface area is 134 Å². The first-order valence-electron chi connectivity index (χ1n) is 7.88. The fraction of sp³-hybridized carbons (Fsp3) is 0.588. The van der Waals surface area contributed by atoms with Crippen molar-refractivity contribution in [3.63, 3.8) is 0 Å². The van der Waals surface area contributed by atoms with E-state index in [1.54, 1.807) is 11.3 Å². The fourth-order valence-corrected chi connectivity index (χ4v) is 4.72. The smallest absolute Gasteiger partial charge is 0.236 e. The first kappa shape index (κ1) is 15.4. The molecule has 0 N–H and O–H groups in total. The lowest BCUT2D eigenvalue weighted by Crippen LogP contribution is -2.39. The van der Waals surface area contributed by atoms with E-state index >= 15 is 0 Å². The molecule has 1 aliphatic carbocycles. The van der Waals surface area contributed by atoms with Gasteiger partial charge in [-0.25, -0.2) is 0 Å². The minimum Gasteiger partial charge on any atom is -0.292 e. The molecule has 2 heterocycles. The number of Topliss-reactive ketones (excluding diaryl/α,β-unsaturated/α-hetero) is 1. The van der Waals surface area contributed by atoms with E-state index in [-0.39, 0.29) is 24.1 Å². The van der Waals surface area contributed by atoms with Crippen molar-refractivity contribution in [1.82, 2.24) is 4.90 Å². The van der Waals surface area contributed by atoms with Crippen LogP contribution in [0.15, 0.2) is 6.07 Å². The molecule has 1 aromatic heterocycles. The van der Waals surface area contributed by atoms with Crippen LogP contribution in [0.3, 0.4) is 0 Å². The van der Waals surface area contributed by atoms with Gasteiger partial charge >= 0.3 is 0 Å². The molecule has 1 saturated carbocycles. The number of imide groups is 1. The molecule has 4 nitrogen and oxygen atoms in total. The van der Waals surface area contributed by atoms with Crippen LogP contribution in [0.1, 0.15) is 58.6 Å². The van der Waals surface area contributed by atoms with Crippen LogP contribution in [0.5, 0.6) is 0 Å². The monoisotopic (exact) mass is 319 g/mol. The SMILES string of the molecule is Cc1cc(C(=O)CN2C(=O)CC3(CCCCC3)C2=O)c(C)s1. The van der Waals surface area contributed by atoms with Crippen molar-refractivity contribution in [3.8, 4) is 0 Å². The molecule has 1 aromatic rings. The summed E-state index contributed by atoms with van der Waals surface area (Å²) in [6.07, 6.45) is 5.02. The van der Waals surface area contributed by atoms with Gasteiger partial charge in [0.2, 0.25) is 11.8 Å². The van der Waals surface area contributed by atoms with Gasteiger partial charge in [-0.15, -0.1) is 11.3 Å². The Bertz CT molecular complexity index is 640. The highest BCUT2D eigenvalue weighted by Gasteiger charge is 2.51. The number of rotatable bonds is 3. The van der Waals surface area contributed by atoms with Gasteiger partial charge in [0.25, 0.3) is 0 Å². The molecule has 118 valence electrons.